The standard InChI is InChI=1S/C20H18F5N3O2/c1-10(2)11(3)19(29)27-18-17(28-9-13(21)5-7-16(28)26-18)12-4-6-15(14(22)8-12)30-20(23,24)25/h4-11H,1-3H3,(H,27,29). The highest BCUT2D eigenvalue weighted by atomic mass is 19.4. The van der Waals surface area contributed by atoms with Gasteiger partial charge in [-0.15, -0.1) is 13.2 Å². The maximum Gasteiger partial charge on any atom is 0.573 e. The summed E-state index contributed by atoms with van der Waals surface area (Å²) in [4.78, 5) is 16.8. The van der Waals surface area contributed by atoms with Crippen LogP contribution in [0.2, 0.25) is 0 Å². The Morgan fingerprint density at radius 1 is 1.13 bits per heavy atom. The number of halogens is 5. The van der Waals surface area contributed by atoms with Crippen LogP contribution in [0.3, 0.4) is 0 Å². The Balaban J connectivity index is 2.10. The molecule has 0 radical (unpaired) electrons. The number of anilines is 1. The minimum atomic E-state index is -5.05. The maximum atomic E-state index is 14.3. The van der Waals surface area contributed by atoms with Crippen molar-refractivity contribution in [3.63, 3.8) is 0 Å². The van der Waals surface area contributed by atoms with Crippen molar-refractivity contribution in [2.45, 2.75) is 27.1 Å². The number of aromatic nitrogens is 2. The number of ether oxygens (including phenoxy) is 1. The van der Waals surface area contributed by atoms with Gasteiger partial charge in [-0.05, 0) is 36.2 Å². The van der Waals surface area contributed by atoms with Gasteiger partial charge in [-0.25, -0.2) is 13.8 Å². The topological polar surface area (TPSA) is 55.6 Å². The molecule has 0 saturated heterocycles. The molecule has 3 rings (SSSR count). The van der Waals surface area contributed by atoms with Gasteiger partial charge in [0.15, 0.2) is 17.4 Å². The number of amides is 1. The van der Waals surface area contributed by atoms with Crippen LogP contribution in [0.1, 0.15) is 20.8 Å². The van der Waals surface area contributed by atoms with E-state index in [1.807, 2.05) is 13.8 Å². The van der Waals surface area contributed by atoms with Crippen molar-refractivity contribution in [1.82, 2.24) is 9.38 Å². The minimum Gasteiger partial charge on any atom is -0.403 e. The Morgan fingerprint density at radius 3 is 2.43 bits per heavy atom. The summed E-state index contributed by atoms with van der Waals surface area (Å²) in [7, 11) is 0. The molecule has 160 valence electrons. The molecule has 1 amide bonds. The summed E-state index contributed by atoms with van der Waals surface area (Å²) in [6.45, 7) is 5.44. The van der Waals surface area contributed by atoms with Gasteiger partial charge in [0.1, 0.15) is 11.5 Å². The third-order valence-corrected chi connectivity index (χ3v) is 4.67. The highest BCUT2D eigenvalue weighted by Gasteiger charge is 2.32. The molecule has 2 heterocycles. The van der Waals surface area contributed by atoms with Crippen LogP contribution in [-0.2, 0) is 4.79 Å². The number of hydrogen-bond acceptors (Lipinski definition) is 3. The lowest BCUT2D eigenvalue weighted by molar-refractivity contribution is -0.275. The molecule has 0 aliphatic rings. The normalized spacial score (nSPS) is 13.0. The fourth-order valence-electron chi connectivity index (χ4n) is 2.77. The summed E-state index contributed by atoms with van der Waals surface area (Å²) >= 11 is 0. The van der Waals surface area contributed by atoms with Gasteiger partial charge in [0.25, 0.3) is 0 Å². The molecule has 2 aromatic heterocycles. The van der Waals surface area contributed by atoms with Gasteiger partial charge in [-0.3, -0.25) is 9.20 Å². The molecular weight excluding hydrogens is 409 g/mol. The molecule has 10 heteroatoms. The lowest BCUT2D eigenvalue weighted by atomic mass is 9.97. The molecular formula is C20H18F5N3O2. The third kappa shape index (κ3) is 4.52. The smallest absolute Gasteiger partial charge is 0.403 e. The third-order valence-electron chi connectivity index (χ3n) is 4.67. The largest absolute Gasteiger partial charge is 0.573 e. The van der Waals surface area contributed by atoms with Crippen molar-refractivity contribution in [3.05, 3.63) is 48.2 Å². The molecule has 0 bridgehead atoms. The second kappa shape index (κ2) is 7.92. The number of nitrogens with one attached hydrogen (secondary N) is 1. The molecule has 3 aromatic rings. The molecule has 0 aliphatic carbocycles. The molecule has 0 fully saturated rings. The van der Waals surface area contributed by atoms with Crippen molar-refractivity contribution in [3.8, 4) is 17.0 Å². The van der Waals surface area contributed by atoms with Crippen molar-refractivity contribution >= 4 is 17.4 Å². The van der Waals surface area contributed by atoms with Gasteiger partial charge in [0.05, 0.1) is 5.69 Å². The Morgan fingerprint density at radius 2 is 1.83 bits per heavy atom. The van der Waals surface area contributed by atoms with Gasteiger partial charge in [-0.2, -0.15) is 0 Å². The number of imidazole rings is 1. The molecule has 30 heavy (non-hydrogen) atoms. The first-order valence-electron chi connectivity index (χ1n) is 9.00. The Kier molecular flexibility index (Phi) is 5.69. The van der Waals surface area contributed by atoms with E-state index in [0.29, 0.717) is 0 Å². The predicted octanol–water partition coefficient (Wildman–Crippen LogP) is 5.41. The van der Waals surface area contributed by atoms with Gasteiger partial charge in [0, 0.05) is 17.7 Å². The van der Waals surface area contributed by atoms with Crippen LogP contribution in [0.5, 0.6) is 5.75 Å². The molecule has 0 aliphatic heterocycles. The lowest BCUT2D eigenvalue weighted by Crippen LogP contribution is -2.24. The van der Waals surface area contributed by atoms with E-state index >= 15 is 0 Å². The summed E-state index contributed by atoms with van der Waals surface area (Å²) < 4.78 is 70.2. The molecule has 1 N–H and O–H groups in total. The van der Waals surface area contributed by atoms with Gasteiger partial charge < -0.3 is 10.1 Å². The number of fused-ring (bicyclic) bond motifs is 1. The van der Waals surface area contributed by atoms with E-state index < -0.39 is 23.7 Å². The van der Waals surface area contributed by atoms with Gasteiger partial charge >= 0.3 is 6.36 Å². The Bertz CT molecular complexity index is 1090. The number of nitrogens with zero attached hydrogens (tertiary/aromatic N) is 2. The average molecular weight is 427 g/mol. The molecule has 1 atom stereocenters. The summed E-state index contributed by atoms with van der Waals surface area (Å²) in [5, 5.41) is 2.64. The molecule has 1 aromatic carbocycles. The van der Waals surface area contributed by atoms with Crippen LogP contribution in [0.25, 0.3) is 16.9 Å². The van der Waals surface area contributed by atoms with E-state index in [-0.39, 0.29) is 40.5 Å². The van der Waals surface area contributed by atoms with Gasteiger partial charge in [0.2, 0.25) is 5.91 Å². The first kappa shape index (κ1) is 21.5. The highest BCUT2D eigenvalue weighted by Crippen LogP contribution is 2.34. The fourth-order valence-corrected chi connectivity index (χ4v) is 2.77. The minimum absolute atomic E-state index is 0.0270. The zero-order chi connectivity index (χ0) is 22.2. The van der Waals surface area contributed by atoms with Crippen LogP contribution < -0.4 is 10.1 Å². The number of benzene rings is 1. The second-order valence-corrected chi connectivity index (χ2v) is 7.10. The number of rotatable bonds is 5. The number of pyridine rings is 1. The molecule has 0 saturated carbocycles. The van der Waals surface area contributed by atoms with E-state index in [1.54, 1.807) is 6.92 Å². The SMILES string of the molecule is CC(C)C(C)C(=O)Nc1nc2ccc(F)cn2c1-c1ccc(OC(F)(F)F)c(F)c1. The van der Waals surface area contributed by atoms with Crippen LogP contribution in [0.4, 0.5) is 27.8 Å². The maximum absolute atomic E-state index is 14.3. The van der Waals surface area contributed by atoms with Crippen LogP contribution in [-0.4, -0.2) is 21.7 Å². The summed E-state index contributed by atoms with van der Waals surface area (Å²) in [5.74, 6) is -3.58. The molecule has 5 nitrogen and oxygen atoms in total. The lowest BCUT2D eigenvalue weighted by Gasteiger charge is -2.15. The zero-order valence-electron chi connectivity index (χ0n) is 16.2. The van der Waals surface area contributed by atoms with Crippen molar-refractivity contribution in [2.75, 3.05) is 5.32 Å². The van der Waals surface area contributed by atoms with E-state index in [4.69, 9.17) is 0 Å². The number of carbonyl (C=O) groups is 1. The van der Waals surface area contributed by atoms with E-state index in [0.717, 1.165) is 24.4 Å². The van der Waals surface area contributed by atoms with Gasteiger partial charge in [-0.1, -0.05) is 20.8 Å². The van der Waals surface area contributed by atoms with Crippen molar-refractivity contribution < 1.29 is 31.5 Å². The monoisotopic (exact) mass is 427 g/mol. The first-order valence-corrected chi connectivity index (χ1v) is 9.00. The zero-order valence-corrected chi connectivity index (χ0v) is 16.2. The average Bonchev–Trinajstić information content (AvgIpc) is 2.98. The first-order chi connectivity index (χ1) is 14.0. The molecule has 1 unspecified atom stereocenters. The Hall–Kier alpha value is -3.17. The van der Waals surface area contributed by atoms with Crippen LogP contribution >= 0.6 is 0 Å². The summed E-state index contributed by atoms with van der Waals surface area (Å²) in [5.41, 5.74) is 0.453. The predicted molar refractivity (Wildman–Crippen MR) is 99.9 cm³/mol. The number of alkyl halides is 3. The number of hydrogen-bond donors (Lipinski definition) is 1. The van der Waals surface area contributed by atoms with E-state index in [1.165, 1.54) is 16.5 Å². The quantitative estimate of drug-likeness (QED) is 0.554. The number of carbonyl (C=O) groups excluding carboxylic acids is 1. The van der Waals surface area contributed by atoms with Crippen LogP contribution in [0, 0.1) is 23.5 Å². The van der Waals surface area contributed by atoms with E-state index in [9.17, 15) is 26.7 Å². The highest BCUT2D eigenvalue weighted by molar-refractivity contribution is 5.95. The summed E-state index contributed by atoms with van der Waals surface area (Å²) in [6.07, 6.45) is -3.97. The molecule has 0 spiro atoms. The fraction of sp³-hybridized carbons (Fsp3) is 0.300. The second-order valence-electron chi connectivity index (χ2n) is 7.10. The Labute approximate surface area is 168 Å². The van der Waals surface area contributed by atoms with E-state index in [2.05, 4.69) is 15.0 Å². The van der Waals surface area contributed by atoms with Crippen LogP contribution in [0.15, 0.2) is 36.5 Å². The van der Waals surface area contributed by atoms with Crippen molar-refractivity contribution in [2.24, 2.45) is 11.8 Å². The van der Waals surface area contributed by atoms with Crippen molar-refractivity contribution in [1.29, 1.82) is 0 Å². The summed E-state index contributed by atoms with van der Waals surface area (Å²) in [6, 6.07) is 5.29.